The predicted octanol–water partition coefficient (Wildman–Crippen LogP) is 0.431. The van der Waals surface area contributed by atoms with Gasteiger partial charge in [0.2, 0.25) is 10.0 Å². The molecule has 1 aromatic carbocycles. The summed E-state index contributed by atoms with van der Waals surface area (Å²) in [6.07, 6.45) is 0.986. The van der Waals surface area contributed by atoms with E-state index in [1.54, 1.807) is 0 Å². The van der Waals surface area contributed by atoms with Crippen LogP contribution < -0.4 is 4.72 Å². The van der Waals surface area contributed by atoms with Crippen LogP contribution in [-0.4, -0.2) is 32.7 Å². The molecule has 0 saturated carbocycles. The Hall–Kier alpha value is -2.00. The summed E-state index contributed by atoms with van der Waals surface area (Å²) in [6.45, 7) is -0.0686. The molecule has 0 bridgehead atoms. The maximum Gasteiger partial charge on any atom is 0.344 e. The molecule has 0 aliphatic rings. The molecule has 0 spiro atoms. The van der Waals surface area contributed by atoms with Crippen molar-refractivity contribution in [2.75, 3.05) is 13.4 Å². The van der Waals surface area contributed by atoms with Crippen molar-refractivity contribution in [2.24, 2.45) is 0 Å². The Labute approximate surface area is 109 Å². The second kappa shape index (κ2) is 5.76. The summed E-state index contributed by atoms with van der Waals surface area (Å²) in [5.74, 6) is -0.854. The molecule has 0 aliphatic carbocycles. The second-order valence-electron chi connectivity index (χ2n) is 3.69. The highest BCUT2D eigenvalue weighted by atomic mass is 32.2. The Morgan fingerprint density at radius 3 is 2.58 bits per heavy atom. The number of hydrogen-bond acceptors (Lipinski definition) is 6. The minimum atomic E-state index is -3.39. The fourth-order valence-electron chi connectivity index (χ4n) is 1.34. The molecule has 1 aromatic rings. The summed E-state index contributed by atoms with van der Waals surface area (Å²) in [7, 11) is -2.28. The monoisotopic (exact) mass is 288 g/mol. The van der Waals surface area contributed by atoms with Gasteiger partial charge in [0.05, 0.1) is 18.3 Å². The SMILES string of the molecule is COC(=O)c1cc(CNS(C)(=O)=O)ccc1[N+](=O)[O-]. The van der Waals surface area contributed by atoms with Crippen molar-refractivity contribution in [3.8, 4) is 0 Å². The van der Waals surface area contributed by atoms with Crippen molar-refractivity contribution < 1.29 is 22.9 Å². The Bertz CT molecular complexity index is 610. The van der Waals surface area contributed by atoms with Crippen LogP contribution in [0.2, 0.25) is 0 Å². The predicted molar refractivity (Wildman–Crippen MR) is 66.1 cm³/mol. The van der Waals surface area contributed by atoms with Gasteiger partial charge in [0.1, 0.15) is 5.56 Å². The molecule has 9 heteroatoms. The maximum atomic E-state index is 11.4. The van der Waals surface area contributed by atoms with Crippen LogP contribution in [0.5, 0.6) is 0 Å². The van der Waals surface area contributed by atoms with Crippen LogP contribution in [0.3, 0.4) is 0 Å². The van der Waals surface area contributed by atoms with Crippen LogP contribution >= 0.6 is 0 Å². The lowest BCUT2D eigenvalue weighted by Crippen LogP contribution is -2.21. The zero-order valence-electron chi connectivity index (χ0n) is 10.2. The summed E-state index contributed by atoms with van der Waals surface area (Å²) in [5, 5.41) is 10.8. The first kappa shape index (κ1) is 15.1. The first-order chi connectivity index (χ1) is 8.74. The molecule has 0 unspecified atom stereocenters. The topological polar surface area (TPSA) is 116 Å². The number of nitro benzene ring substituents is 1. The van der Waals surface area contributed by atoms with Gasteiger partial charge >= 0.3 is 5.97 Å². The molecular formula is C10H12N2O6S. The van der Waals surface area contributed by atoms with Crippen LogP contribution in [0.4, 0.5) is 5.69 Å². The first-order valence-electron chi connectivity index (χ1n) is 5.05. The molecular weight excluding hydrogens is 276 g/mol. The number of nitro groups is 1. The van der Waals surface area contributed by atoms with Crippen molar-refractivity contribution in [2.45, 2.75) is 6.54 Å². The zero-order chi connectivity index (χ0) is 14.6. The number of carbonyl (C=O) groups is 1. The smallest absolute Gasteiger partial charge is 0.344 e. The fourth-order valence-corrected chi connectivity index (χ4v) is 1.77. The van der Waals surface area contributed by atoms with E-state index in [2.05, 4.69) is 9.46 Å². The molecule has 8 nitrogen and oxygen atoms in total. The minimum absolute atomic E-state index is 0.0686. The Kier molecular flexibility index (Phi) is 4.57. The minimum Gasteiger partial charge on any atom is -0.465 e. The number of rotatable bonds is 5. The number of carbonyl (C=O) groups excluding carboxylic acids is 1. The Morgan fingerprint density at radius 1 is 1.47 bits per heavy atom. The number of methoxy groups -OCH3 is 1. The summed E-state index contributed by atoms with van der Waals surface area (Å²) < 4.78 is 28.6. The third-order valence-electron chi connectivity index (χ3n) is 2.20. The average Bonchev–Trinajstić information content (AvgIpc) is 2.34. The van der Waals surface area contributed by atoms with Crippen LogP contribution in [0.15, 0.2) is 18.2 Å². The largest absolute Gasteiger partial charge is 0.465 e. The van der Waals surface area contributed by atoms with Crippen molar-refractivity contribution in [1.82, 2.24) is 4.72 Å². The van der Waals surface area contributed by atoms with Gasteiger partial charge in [0.15, 0.2) is 0 Å². The first-order valence-corrected chi connectivity index (χ1v) is 6.94. The quantitative estimate of drug-likeness (QED) is 0.477. The lowest BCUT2D eigenvalue weighted by molar-refractivity contribution is -0.385. The number of nitrogens with zero attached hydrogens (tertiary/aromatic N) is 1. The molecule has 0 heterocycles. The standard InChI is InChI=1S/C10H12N2O6S/c1-18-10(13)8-5-7(6-11-19(2,16)17)3-4-9(8)12(14)15/h3-5,11H,6H2,1-2H3. The summed E-state index contributed by atoms with van der Waals surface area (Å²) in [6, 6.07) is 3.72. The average molecular weight is 288 g/mol. The fraction of sp³-hybridized carbons (Fsp3) is 0.300. The third-order valence-corrected chi connectivity index (χ3v) is 2.87. The highest BCUT2D eigenvalue weighted by Crippen LogP contribution is 2.21. The van der Waals surface area contributed by atoms with Crippen LogP contribution in [0.1, 0.15) is 15.9 Å². The number of esters is 1. The van der Waals surface area contributed by atoms with Gasteiger partial charge in [-0.1, -0.05) is 6.07 Å². The van der Waals surface area contributed by atoms with Gasteiger partial charge in [0, 0.05) is 12.6 Å². The number of hydrogen-bond donors (Lipinski definition) is 1. The van der Waals surface area contributed by atoms with Crippen molar-refractivity contribution in [3.05, 3.63) is 39.4 Å². The summed E-state index contributed by atoms with van der Waals surface area (Å²) >= 11 is 0. The van der Waals surface area contributed by atoms with Crippen molar-refractivity contribution in [1.29, 1.82) is 0 Å². The van der Waals surface area contributed by atoms with E-state index in [1.807, 2.05) is 0 Å². The Balaban J connectivity index is 3.11. The number of sulfonamides is 1. The molecule has 0 amide bonds. The highest BCUT2D eigenvalue weighted by molar-refractivity contribution is 7.88. The van der Waals surface area contributed by atoms with Gasteiger partial charge in [0.25, 0.3) is 5.69 Å². The molecule has 0 atom stereocenters. The molecule has 0 aliphatic heterocycles. The number of benzene rings is 1. The Morgan fingerprint density at radius 2 is 2.11 bits per heavy atom. The normalized spacial score (nSPS) is 11.1. The van der Waals surface area contributed by atoms with Gasteiger partial charge in [-0.3, -0.25) is 10.1 Å². The van der Waals surface area contributed by atoms with E-state index in [4.69, 9.17) is 0 Å². The van der Waals surface area contributed by atoms with E-state index in [1.165, 1.54) is 12.1 Å². The highest BCUT2D eigenvalue weighted by Gasteiger charge is 2.21. The van der Waals surface area contributed by atoms with E-state index in [0.29, 0.717) is 5.56 Å². The van der Waals surface area contributed by atoms with Crippen molar-refractivity contribution >= 4 is 21.7 Å². The molecule has 0 radical (unpaired) electrons. The van der Waals surface area contributed by atoms with Gasteiger partial charge in [-0.15, -0.1) is 0 Å². The van der Waals surface area contributed by atoms with Gasteiger partial charge < -0.3 is 4.74 Å². The maximum absolute atomic E-state index is 11.4. The third kappa shape index (κ3) is 4.30. The van der Waals surface area contributed by atoms with Crippen LogP contribution in [-0.2, 0) is 21.3 Å². The molecule has 19 heavy (non-hydrogen) atoms. The number of nitrogens with one attached hydrogen (secondary N) is 1. The molecule has 1 rings (SSSR count). The molecule has 0 fully saturated rings. The zero-order valence-corrected chi connectivity index (χ0v) is 11.1. The van der Waals surface area contributed by atoms with Gasteiger partial charge in [-0.25, -0.2) is 17.9 Å². The van der Waals surface area contributed by atoms with Gasteiger partial charge in [-0.05, 0) is 11.6 Å². The lowest BCUT2D eigenvalue weighted by Gasteiger charge is -2.05. The number of ether oxygens (including phenoxy) is 1. The summed E-state index contributed by atoms with van der Waals surface area (Å²) in [4.78, 5) is 21.5. The van der Waals surface area contributed by atoms with E-state index < -0.39 is 26.6 Å². The van der Waals surface area contributed by atoms with Crippen LogP contribution in [0, 0.1) is 10.1 Å². The lowest BCUT2D eigenvalue weighted by atomic mass is 10.1. The van der Waals surface area contributed by atoms with E-state index in [0.717, 1.165) is 19.4 Å². The van der Waals surface area contributed by atoms with E-state index in [9.17, 15) is 23.3 Å². The summed E-state index contributed by atoms with van der Waals surface area (Å²) in [5.41, 5.74) is -0.202. The van der Waals surface area contributed by atoms with Crippen LogP contribution in [0.25, 0.3) is 0 Å². The molecule has 0 saturated heterocycles. The van der Waals surface area contributed by atoms with E-state index in [-0.39, 0.29) is 12.1 Å². The second-order valence-corrected chi connectivity index (χ2v) is 5.53. The molecule has 0 aromatic heterocycles. The molecule has 104 valence electrons. The van der Waals surface area contributed by atoms with Gasteiger partial charge in [-0.2, -0.15) is 0 Å². The molecule has 1 N–H and O–H groups in total. The van der Waals surface area contributed by atoms with Crippen molar-refractivity contribution in [3.63, 3.8) is 0 Å². The van der Waals surface area contributed by atoms with E-state index >= 15 is 0 Å².